The third-order valence-electron chi connectivity index (χ3n) is 2.85. The number of aromatic amines is 1. The number of hydrogen-bond donors (Lipinski definition) is 2. The number of aryl methyl sites for hydroxylation is 3. The van der Waals surface area contributed by atoms with Gasteiger partial charge in [0.2, 0.25) is 0 Å². The van der Waals surface area contributed by atoms with E-state index in [4.69, 9.17) is 0 Å². The Kier molecular flexibility index (Phi) is 2.68. The molecule has 5 heteroatoms. The zero-order chi connectivity index (χ0) is 11.7. The van der Waals surface area contributed by atoms with Crippen LogP contribution in [0.5, 0.6) is 0 Å². The molecule has 2 heterocycles. The Labute approximate surface area is 94.9 Å². The minimum Gasteiger partial charge on any atom is -0.363 e. The van der Waals surface area contributed by atoms with Gasteiger partial charge in [-0.3, -0.25) is 9.78 Å². The van der Waals surface area contributed by atoms with E-state index >= 15 is 0 Å². The summed E-state index contributed by atoms with van der Waals surface area (Å²) in [5.74, 6) is 0.904. The lowest BCUT2D eigenvalue weighted by Gasteiger charge is -2.01. The topological polar surface area (TPSA) is 58.5 Å². The molecule has 2 N–H and O–H groups in total. The highest BCUT2D eigenvalue weighted by molar-refractivity contribution is 5.45. The van der Waals surface area contributed by atoms with Crippen molar-refractivity contribution in [2.75, 3.05) is 5.32 Å². The van der Waals surface area contributed by atoms with Crippen LogP contribution in [0.4, 0.5) is 5.82 Å². The molecule has 0 fully saturated rings. The summed E-state index contributed by atoms with van der Waals surface area (Å²) >= 11 is 0. The maximum Gasteiger partial charge on any atom is 0.151 e. The van der Waals surface area contributed by atoms with E-state index in [2.05, 4.69) is 26.7 Å². The van der Waals surface area contributed by atoms with Crippen LogP contribution in [0.3, 0.4) is 0 Å². The minimum absolute atomic E-state index is 0.701. The third kappa shape index (κ3) is 1.93. The van der Waals surface area contributed by atoms with Crippen LogP contribution in [-0.2, 0) is 13.6 Å². The number of nitrogens with one attached hydrogen (secondary N) is 2. The number of hydrogen-bond acceptors (Lipinski definition) is 3. The first-order valence-electron chi connectivity index (χ1n) is 5.33. The number of rotatable bonds is 3. The average Bonchev–Trinajstić information content (AvgIpc) is 2.72. The predicted molar refractivity (Wildman–Crippen MR) is 63.3 cm³/mol. The highest BCUT2D eigenvalue weighted by atomic mass is 15.3. The first-order chi connectivity index (χ1) is 7.58. The van der Waals surface area contributed by atoms with Crippen molar-refractivity contribution in [3.63, 3.8) is 0 Å². The van der Waals surface area contributed by atoms with Crippen molar-refractivity contribution >= 4 is 5.82 Å². The number of anilines is 1. The van der Waals surface area contributed by atoms with Crippen molar-refractivity contribution in [1.82, 2.24) is 20.0 Å². The molecule has 0 saturated carbocycles. The molecular weight excluding hydrogens is 202 g/mol. The van der Waals surface area contributed by atoms with Gasteiger partial charge < -0.3 is 5.32 Å². The Morgan fingerprint density at radius 2 is 2.12 bits per heavy atom. The van der Waals surface area contributed by atoms with Gasteiger partial charge in [-0.1, -0.05) is 0 Å². The molecule has 2 aromatic rings. The molecule has 0 amide bonds. The lowest BCUT2D eigenvalue weighted by atomic mass is 10.3. The maximum atomic E-state index is 4.38. The lowest BCUT2D eigenvalue weighted by molar-refractivity contribution is 0.724. The number of H-pyrrole nitrogens is 1. The van der Waals surface area contributed by atoms with E-state index in [1.54, 1.807) is 0 Å². The van der Waals surface area contributed by atoms with Crippen molar-refractivity contribution in [2.24, 2.45) is 7.05 Å². The second kappa shape index (κ2) is 4.00. The number of nitrogens with zero attached hydrogens (tertiary/aromatic N) is 3. The Morgan fingerprint density at radius 1 is 1.38 bits per heavy atom. The van der Waals surface area contributed by atoms with Crippen LogP contribution < -0.4 is 5.32 Å². The molecule has 0 unspecified atom stereocenters. The van der Waals surface area contributed by atoms with Crippen LogP contribution in [0.15, 0.2) is 6.07 Å². The summed E-state index contributed by atoms with van der Waals surface area (Å²) in [6.07, 6.45) is 0. The Bertz CT molecular complexity index is 475. The fraction of sp³-hybridized carbons (Fsp3) is 0.455. The molecule has 16 heavy (non-hydrogen) atoms. The summed E-state index contributed by atoms with van der Waals surface area (Å²) in [4.78, 5) is 0. The van der Waals surface area contributed by atoms with Crippen LogP contribution in [0.1, 0.15) is 22.6 Å². The Balaban J connectivity index is 2.05. The summed E-state index contributed by atoms with van der Waals surface area (Å²) in [5, 5.41) is 14.8. The summed E-state index contributed by atoms with van der Waals surface area (Å²) in [6, 6.07) is 2.07. The largest absolute Gasteiger partial charge is 0.363 e. The fourth-order valence-electron chi connectivity index (χ4n) is 1.55. The SMILES string of the molecule is Cc1[nH]nc(NCc2cc(C)n(C)n2)c1C. The third-order valence-corrected chi connectivity index (χ3v) is 2.85. The first kappa shape index (κ1) is 10.7. The van der Waals surface area contributed by atoms with Crippen LogP contribution in [0.2, 0.25) is 0 Å². The molecule has 0 aliphatic carbocycles. The minimum atomic E-state index is 0.701. The van der Waals surface area contributed by atoms with Gasteiger partial charge in [0.15, 0.2) is 5.82 Å². The zero-order valence-electron chi connectivity index (χ0n) is 10.1. The van der Waals surface area contributed by atoms with Crippen LogP contribution in [-0.4, -0.2) is 20.0 Å². The maximum absolute atomic E-state index is 4.38. The molecule has 86 valence electrons. The smallest absolute Gasteiger partial charge is 0.151 e. The van der Waals surface area contributed by atoms with Crippen molar-refractivity contribution < 1.29 is 0 Å². The molecule has 5 nitrogen and oxygen atoms in total. The van der Waals surface area contributed by atoms with Crippen molar-refractivity contribution in [2.45, 2.75) is 27.3 Å². The summed E-state index contributed by atoms with van der Waals surface area (Å²) in [5.41, 5.74) is 4.44. The molecule has 2 aromatic heterocycles. The van der Waals surface area contributed by atoms with Crippen molar-refractivity contribution in [1.29, 1.82) is 0 Å². The van der Waals surface area contributed by atoms with Crippen molar-refractivity contribution in [3.8, 4) is 0 Å². The number of aromatic nitrogens is 4. The molecule has 0 spiro atoms. The average molecular weight is 219 g/mol. The first-order valence-corrected chi connectivity index (χ1v) is 5.33. The Hall–Kier alpha value is -1.78. The molecule has 0 atom stereocenters. The van der Waals surface area contributed by atoms with Crippen molar-refractivity contribution in [3.05, 3.63) is 28.7 Å². The summed E-state index contributed by atoms with van der Waals surface area (Å²) in [6.45, 7) is 6.80. The molecule has 0 radical (unpaired) electrons. The van der Waals surface area contributed by atoms with Gasteiger partial charge in [-0.05, 0) is 26.8 Å². The molecule has 0 aromatic carbocycles. The van der Waals surface area contributed by atoms with E-state index in [1.807, 2.05) is 32.5 Å². The molecule has 0 aliphatic rings. The van der Waals surface area contributed by atoms with Crippen LogP contribution >= 0.6 is 0 Å². The highest BCUT2D eigenvalue weighted by Crippen LogP contribution is 2.14. The normalized spacial score (nSPS) is 10.8. The molecular formula is C11H17N5. The van der Waals surface area contributed by atoms with E-state index in [9.17, 15) is 0 Å². The van der Waals surface area contributed by atoms with Gasteiger partial charge in [-0.15, -0.1) is 0 Å². The van der Waals surface area contributed by atoms with Crippen LogP contribution in [0, 0.1) is 20.8 Å². The van der Waals surface area contributed by atoms with Crippen LogP contribution in [0.25, 0.3) is 0 Å². The van der Waals surface area contributed by atoms with Gasteiger partial charge in [-0.2, -0.15) is 10.2 Å². The second-order valence-electron chi connectivity index (χ2n) is 4.08. The predicted octanol–water partition coefficient (Wildman–Crippen LogP) is 1.68. The monoisotopic (exact) mass is 219 g/mol. The Morgan fingerprint density at radius 3 is 2.62 bits per heavy atom. The molecule has 0 bridgehead atoms. The quantitative estimate of drug-likeness (QED) is 0.825. The van der Waals surface area contributed by atoms with E-state index in [-0.39, 0.29) is 0 Å². The zero-order valence-corrected chi connectivity index (χ0v) is 10.1. The molecule has 0 aliphatic heterocycles. The van der Waals surface area contributed by atoms with Gasteiger partial charge in [0, 0.05) is 24.0 Å². The van der Waals surface area contributed by atoms with Gasteiger partial charge in [0.1, 0.15) is 0 Å². The molecule has 0 saturated heterocycles. The van der Waals surface area contributed by atoms with E-state index in [0.29, 0.717) is 6.54 Å². The second-order valence-corrected chi connectivity index (χ2v) is 4.08. The van der Waals surface area contributed by atoms with E-state index in [0.717, 1.165) is 28.5 Å². The van der Waals surface area contributed by atoms with E-state index in [1.165, 1.54) is 0 Å². The molecule has 2 rings (SSSR count). The summed E-state index contributed by atoms with van der Waals surface area (Å²) < 4.78 is 1.87. The highest BCUT2D eigenvalue weighted by Gasteiger charge is 2.06. The van der Waals surface area contributed by atoms with E-state index < -0.39 is 0 Å². The van der Waals surface area contributed by atoms with Gasteiger partial charge in [0.05, 0.1) is 12.2 Å². The lowest BCUT2D eigenvalue weighted by Crippen LogP contribution is -2.02. The van der Waals surface area contributed by atoms with Gasteiger partial charge in [0.25, 0.3) is 0 Å². The standard InChI is InChI=1S/C11H17N5/c1-7-5-10(15-16(7)4)6-12-11-8(2)9(3)13-14-11/h5H,6H2,1-4H3,(H2,12,13,14). The fourth-order valence-corrected chi connectivity index (χ4v) is 1.55. The summed E-state index contributed by atoms with van der Waals surface area (Å²) in [7, 11) is 1.95. The van der Waals surface area contributed by atoms with Gasteiger partial charge >= 0.3 is 0 Å². The van der Waals surface area contributed by atoms with Gasteiger partial charge in [-0.25, -0.2) is 0 Å².